The van der Waals surface area contributed by atoms with Crippen molar-refractivity contribution in [3.05, 3.63) is 29.8 Å². The summed E-state index contributed by atoms with van der Waals surface area (Å²) in [7, 11) is 0. The fraction of sp³-hybridized carbons (Fsp3) is 0.538. The summed E-state index contributed by atoms with van der Waals surface area (Å²) in [5, 5.41) is 0. The van der Waals surface area contributed by atoms with E-state index in [0.717, 1.165) is 5.56 Å². The highest BCUT2D eigenvalue weighted by molar-refractivity contribution is 5.30. The van der Waals surface area contributed by atoms with E-state index < -0.39 is 12.5 Å². The molecule has 0 aromatic heterocycles. The number of hydrogen-bond acceptors (Lipinski definition) is 1. The van der Waals surface area contributed by atoms with Crippen LogP contribution in [-0.4, -0.2) is 12.5 Å². The first-order valence-electron chi connectivity index (χ1n) is 5.78. The minimum Gasteiger partial charge on any atom is -0.428 e. The third-order valence-corrected chi connectivity index (χ3v) is 2.03. The van der Waals surface area contributed by atoms with Gasteiger partial charge in [0.25, 0.3) is 0 Å². The predicted molar refractivity (Wildman–Crippen MR) is 63.5 cm³/mol. The van der Waals surface area contributed by atoms with Crippen molar-refractivity contribution in [2.45, 2.75) is 46.1 Å². The summed E-state index contributed by atoms with van der Waals surface area (Å²) >= 11 is 0. The number of alkyl halides is 4. The molecule has 5 heteroatoms. The smallest absolute Gasteiger partial charge is 0.428 e. The molecule has 0 atom stereocenters. The van der Waals surface area contributed by atoms with Gasteiger partial charge in [0.05, 0.1) is 0 Å². The molecule has 0 saturated heterocycles. The molecule has 0 N–H and O–H groups in total. The van der Waals surface area contributed by atoms with Crippen LogP contribution in [0.5, 0.6) is 5.75 Å². The summed E-state index contributed by atoms with van der Waals surface area (Å²) in [6.45, 7) is 7.73. The Morgan fingerprint density at radius 3 is 2.11 bits per heavy atom. The van der Waals surface area contributed by atoms with E-state index in [-0.39, 0.29) is 11.7 Å². The maximum absolute atomic E-state index is 12.6. The molecule has 0 spiro atoms. The average molecular weight is 266 g/mol. The molecule has 0 aliphatic carbocycles. The second kappa shape index (κ2) is 7.24. The topological polar surface area (TPSA) is 9.23 Å². The third kappa shape index (κ3) is 4.94. The second-order valence-corrected chi connectivity index (χ2v) is 3.69. The fourth-order valence-electron chi connectivity index (χ4n) is 1.14. The van der Waals surface area contributed by atoms with Gasteiger partial charge in [-0.25, -0.2) is 0 Å². The van der Waals surface area contributed by atoms with Crippen molar-refractivity contribution in [1.82, 2.24) is 0 Å². The third-order valence-electron chi connectivity index (χ3n) is 2.03. The molecule has 1 nitrogen and oxygen atoms in total. The molecule has 0 unspecified atom stereocenters. The zero-order chi connectivity index (χ0) is 14.3. The molecule has 1 aromatic rings. The highest BCUT2D eigenvalue weighted by Crippen LogP contribution is 2.29. The molecule has 18 heavy (non-hydrogen) atoms. The molecule has 1 aromatic carbocycles. The van der Waals surface area contributed by atoms with Crippen LogP contribution in [0.2, 0.25) is 0 Å². The van der Waals surface area contributed by atoms with E-state index in [0.29, 0.717) is 0 Å². The first-order chi connectivity index (χ1) is 8.33. The molecular formula is C13H18F4O. The lowest BCUT2D eigenvalue weighted by Crippen LogP contribution is -2.33. The van der Waals surface area contributed by atoms with E-state index in [1.165, 1.54) is 18.2 Å². The van der Waals surface area contributed by atoms with Crippen LogP contribution in [0.1, 0.15) is 39.2 Å². The summed E-state index contributed by atoms with van der Waals surface area (Å²) in [4.78, 5) is 0. The Morgan fingerprint density at radius 2 is 1.67 bits per heavy atom. The molecule has 0 aliphatic heterocycles. The number of benzene rings is 1. The van der Waals surface area contributed by atoms with Gasteiger partial charge in [0.15, 0.2) is 0 Å². The van der Waals surface area contributed by atoms with Gasteiger partial charge in [-0.1, -0.05) is 39.8 Å². The van der Waals surface area contributed by atoms with Crippen LogP contribution < -0.4 is 4.74 Å². The molecule has 0 fully saturated rings. The van der Waals surface area contributed by atoms with E-state index in [4.69, 9.17) is 0 Å². The van der Waals surface area contributed by atoms with Gasteiger partial charge >= 0.3 is 12.5 Å². The summed E-state index contributed by atoms with van der Waals surface area (Å²) in [5.74, 6) is -0.139. The molecule has 1 rings (SSSR count). The van der Waals surface area contributed by atoms with E-state index in [9.17, 15) is 17.6 Å². The van der Waals surface area contributed by atoms with Crippen molar-refractivity contribution in [2.24, 2.45) is 0 Å². The zero-order valence-electron chi connectivity index (χ0n) is 10.9. The molecule has 104 valence electrons. The average Bonchev–Trinajstić information content (AvgIpc) is 2.31. The van der Waals surface area contributed by atoms with E-state index >= 15 is 0 Å². The van der Waals surface area contributed by atoms with Crippen molar-refractivity contribution in [3.8, 4) is 5.75 Å². The van der Waals surface area contributed by atoms with Crippen LogP contribution in [0.4, 0.5) is 17.6 Å². The standard InChI is InChI=1S/C11H12F4O.C2H6/c1-7(2)8-4-3-5-9(6-8)16-11(14,15)10(12)13;1-2/h3-7,10H,1-2H3;1-2H3. The zero-order valence-corrected chi connectivity index (χ0v) is 10.9. The maximum atomic E-state index is 12.6. The maximum Gasteiger partial charge on any atom is 0.461 e. The molecule has 0 radical (unpaired) electrons. The van der Waals surface area contributed by atoms with Gasteiger partial charge in [0.1, 0.15) is 5.75 Å². The van der Waals surface area contributed by atoms with E-state index in [2.05, 4.69) is 4.74 Å². The monoisotopic (exact) mass is 266 g/mol. The minimum atomic E-state index is -4.45. The Morgan fingerprint density at radius 1 is 1.11 bits per heavy atom. The quantitative estimate of drug-likeness (QED) is 0.691. The van der Waals surface area contributed by atoms with E-state index in [1.807, 2.05) is 27.7 Å². The summed E-state index contributed by atoms with van der Waals surface area (Å²) in [6, 6.07) is 5.77. The Balaban J connectivity index is 0.00000137. The summed E-state index contributed by atoms with van der Waals surface area (Å²) in [5.41, 5.74) is 0.752. The number of rotatable bonds is 4. The van der Waals surface area contributed by atoms with Crippen LogP contribution >= 0.6 is 0 Å². The first-order valence-corrected chi connectivity index (χ1v) is 5.78. The predicted octanol–water partition coefficient (Wildman–Crippen LogP) is 5.07. The van der Waals surface area contributed by atoms with Crippen molar-refractivity contribution in [3.63, 3.8) is 0 Å². The first kappa shape index (κ1) is 16.7. The van der Waals surface area contributed by atoms with Gasteiger partial charge in [-0.3, -0.25) is 0 Å². The Labute approximate surface area is 105 Å². The highest BCUT2D eigenvalue weighted by atomic mass is 19.3. The van der Waals surface area contributed by atoms with Crippen molar-refractivity contribution in [2.75, 3.05) is 0 Å². The molecule has 0 heterocycles. The van der Waals surface area contributed by atoms with Crippen LogP contribution in [0.25, 0.3) is 0 Å². The molecular weight excluding hydrogens is 248 g/mol. The Bertz CT molecular complexity index is 351. The fourth-order valence-corrected chi connectivity index (χ4v) is 1.14. The van der Waals surface area contributed by atoms with Crippen LogP contribution in [0, 0.1) is 0 Å². The normalized spacial score (nSPS) is 11.2. The minimum absolute atomic E-state index is 0.115. The number of hydrogen-bond donors (Lipinski definition) is 0. The lowest BCUT2D eigenvalue weighted by atomic mass is 10.0. The highest BCUT2D eigenvalue weighted by Gasteiger charge is 2.43. The van der Waals surface area contributed by atoms with E-state index in [1.54, 1.807) is 6.07 Å². The van der Waals surface area contributed by atoms with Gasteiger partial charge in [-0.15, -0.1) is 0 Å². The van der Waals surface area contributed by atoms with Gasteiger partial charge in [0.2, 0.25) is 0 Å². The summed E-state index contributed by atoms with van der Waals surface area (Å²) < 4.78 is 52.9. The van der Waals surface area contributed by atoms with Crippen LogP contribution in [0.15, 0.2) is 24.3 Å². The lowest BCUT2D eigenvalue weighted by Gasteiger charge is -2.17. The van der Waals surface area contributed by atoms with Crippen LogP contribution in [0.3, 0.4) is 0 Å². The molecule has 0 amide bonds. The largest absolute Gasteiger partial charge is 0.461 e. The van der Waals surface area contributed by atoms with Gasteiger partial charge in [-0.2, -0.15) is 17.6 Å². The van der Waals surface area contributed by atoms with Gasteiger partial charge in [0, 0.05) is 0 Å². The van der Waals surface area contributed by atoms with Crippen molar-refractivity contribution in [1.29, 1.82) is 0 Å². The lowest BCUT2D eigenvalue weighted by molar-refractivity contribution is -0.253. The summed E-state index contributed by atoms with van der Waals surface area (Å²) in [6.07, 6.45) is -8.29. The van der Waals surface area contributed by atoms with Crippen LogP contribution in [-0.2, 0) is 0 Å². The van der Waals surface area contributed by atoms with Gasteiger partial charge in [-0.05, 0) is 23.6 Å². The van der Waals surface area contributed by atoms with Crippen molar-refractivity contribution >= 4 is 0 Å². The van der Waals surface area contributed by atoms with Gasteiger partial charge < -0.3 is 4.74 Å². The Kier molecular flexibility index (Phi) is 6.73. The molecule has 0 aliphatic rings. The molecule has 0 saturated carbocycles. The second-order valence-electron chi connectivity index (χ2n) is 3.69. The molecule has 0 bridgehead atoms. The van der Waals surface area contributed by atoms with Crippen molar-refractivity contribution < 1.29 is 22.3 Å². The Hall–Kier alpha value is -1.26. The SMILES string of the molecule is CC.CC(C)c1cccc(OC(F)(F)C(F)F)c1. The number of halogens is 4. The number of ether oxygens (including phenoxy) is 1.